The number of nitrogens with two attached hydrogens (primary N) is 1. The predicted octanol–water partition coefficient (Wildman–Crippen LogP) is 2.97. The maximum atomic E-state index is 12.0. The molecule has 0 heterocycles. The summed E-state index contributed by atoms with van der Waals surface area (Å²) in [5.41, 5.74) is 5.65. The minimum absolute atomic E-state index is 0.415. The van der Waals surface area contributed by atoms with Gasteiger partial charge in [-0.3, -0.25) is 4.21 Å². The van der Waals surface area contributed by atoms with Gasteiger partial charge in [0.25, 0.3) is 0 Å². The predicted molar refractivity (Wildman–Crippen MR) is 71.2 cm³/mol. The molecule has 0 fully saturated rings. The van der Waals surface area contributed by atoms with Crippen molar-refractivity contribution in [2.24, 2.45) is 5.41 Å². The van der Waals surface area contributed by atoms with Crippen LogP contribution in [0.15, 0.2) is 23.1 Å². The quantitative estimate of drug-likeness (QED) is 0.856. The molecule has 1 rings (SSSR count). The summed E-state index contributed by atoms with van der Waals surface area (Å²) >= 11 is 5.97. The van der Waals surface area contributed by atoms with Crippen LogP contribution in [0.3, 0.4) is 0 Å². The number of hydrogen-bond acceptors (Lipinski definition) is 3. The van der Waals surface area contributed by atoms with Gasteiger partial charge in [0, 0.05) is 11.4 Å². The zero-order valence-corrected chi connectivity index (χ0v) is 11.4. The second-order valence-corrected chi connectivity index (χ2v) is 6.43. The Hall–Kier alpha value is -1.05. The molecule has 1 aromatic rings. The van der Waals surface area contributed by atoms with Crippen LogP contribution in [0.4, 0.5) is 5.69 Å². The van der Waals surface area contributed by atoms with Crippen LogP contribution in [0.5, 0.6) is 0 Å². The van der Waals surface area contributed by atoms with Gasteiger partial charge in [-0.05, 0) is 38.5 Å². The largest absolute Gasteiger partial charge is 0.399 e. The van der Waals surface area contributed by atoms with Crippen molar-refractivity contribution in [3.05, 3.63) is 23.2 Å². The van der Waals surface area contributed by atoms with Crippen LogP contribution in [0, 0.1) is 16.7 Å². The van der Waals surface area contributed by atoms with Gasteiger partial charge < -0.3 is 5.73 Å². The van der Waals surface area contributed by atoms with Crippen LogP contribution < -0.4 is 5.73 Å². The third kappa shape index (κ3) is 4.03. The Morgan fingerprint density at radius 1 is 1.53 bits per heavy atom. The number of nitrogen functional groups attached to an aromatic ring is 1. The molecule has 0 aliphatic carbocycles. The average molecular weight is 271 g/mol. The van der Waals surface area contributed by atoms with Gasteiger partial charge >= 0.3 is 0 Å². The Labute approximate surface area is 109 Å². The molecule has 0 amide bonds. The van der Waals surface area contributed by atoms with E-state index in [1.165, 1.54) is 0 Å². The first-order valence-electron chi connectivity index (χ1n) is 5.20. The van der Waals surface area contributed by atoms with Crippen LogP contribution in [0.2, 0.25) is 5.02 Å². The van der Waals surface area contributed by atoms with Crippen molar-refractivity contribution in [2.45, 2.75) is 25.2 Å². The van der Waals surface area contributed by atoms with Crippen molar-refractivity contribution in [1.82, 2.24) is 0 Å². The molecule has 0 spiro atoms. The summed E-state index contributed by atoms with van der Waals surface area (Å²) < 4.78 is 12.0. The molecule has 0 saturated carbocycles. The van der Waals surface area contributed by atoms with Crippen LogP contribution in [-0.4, -0.2) is 9.96 Å². The molecule has 1 unspecified atom stereocenters. The SMILES string of the molecule is CC(C)(C#N)CCS(=O)c1ccc(N)cc1Cl. The minimum Gasteiger partial charge on any atom is -0.399 e. The van der Waals surface area contributed by atoms with E-state index in [0.29, 0.717) is 27.8 Å². The Morgan fingerprint density at radius 2 is 2.18 bits per heavy atom. The van der Waals surface area contributed by atoms with Crippen molar-refractivity contribution in [3.63, 3.8) is 0 Å². The fourth-order valence-electron chi connectivity index (χ4n) is 1.22. The Balaban J connectivity index is 2.75. The summed E-state index contributed by atoms with van der Waals surface area (Å²) in [6, 6.07) is 7.12. The number of rotatable bonds is 4. The highest BCUT2D eigenvalue weighted by Gasteiger charge is 2.19. The molecule has 0 aliphatic heterocycles. The van der Waals surface area contributed by atoms with E-state index < -0.39 is 16.2 Å². The molecule has 3 nitrogen and oxygen atoms in total. The Kier molecular flexibility index (Phi) is 4.55. The molecule has 0 radical (unpaired) electrons. The molecule has 92 valence electrons. The summed E-state index contributed by atoms with van der Waals surface area (Å²) in [5.74, 6) is 0.421. The lowest BCUT2D eigenvalue weighted by molar-refractivity contribution is 0.479. The zero-order chi connectivity index (χ0) is 13.1. The lowest BCUT2D eigenvalue weighted by Gasteiger charge is -2.14. The van der Waals surface area contributed by atoms with Crippen LogP contribution in [-0.2, 0) is 10.8 Å². The van der Waals surface area contributed by atoms with Crippen molar-refractivity contribution >= 4 is 28.1 Å². The van der Waals surface area contributed by atoms with Gasteiger partial charge in [0.05, 0.1) is 32.2 Å². The molecule has 17 heavy (non-hydrogen) atoms. The molecule has 1 atom stereocenters. The number of hydrogen-bond donors (Lipinski definition) is 1. The average Bonchev–Trinajstić information content (AvgIpc) is 2.26. The molecule has 2 N–H and O–H groups in total. The second kappa shape index (κ2) is 5.52. The molecule has 5 heteroatoms. The van der Waals surface area contributed by atoms with Gasteiger partial charge in [-0.1, -0.05) is 11.6 Å². The number of benzene rings is 1. The molecular formula is C12H15ClN2OS. The number of nitrogens with zero attached hydrogens (tertiary/aromatic N) is 1. The van der Waals surface area contributed by atoms with E-state index in [1.54, 1.807) is 18.2 Å². The first-order chi connectivity index (χ1) is 7.85. The molecule has 0 bridgehead atoms. The lowest BCUT2D eigenvalue weighted by Crippen LogP contribution is -2.13. The fraction of sp³-hybridized carbons (Fsp3) is 0.417. The second-order valence-electron chi connectivity index (χ2n) is 4.49. The smallest absolute Gasteiger partial charge is 0.0684 e. The van der Waals surface area contributed by atoms with Gasteiger partial charge in [0.1, 0.15) is 0 Å². The van der Waals surface area contributed by atoms with E-state index >= 15 is 0 Å². The number of nitriles is 1. The minimum atomic E-state index is -1.19. The van der Waals surface area contributed by atoms with E-state index in [2.05, 4.69) is 6.07 Å². The van der Waals surface area contributed by atoms with Gasteiger partial charge in [0.15, 0.2) is 0 Å². The van der Waals surface area contributed by atoms with Crippen molar-refractivity contribution in [1.29, 1.82) is 5.26 Å². The van der Waals surface area contributed by atoms with E-state index in [9.17, 15) is 4.21 Å². The van der Waals surface area contributed by atoms with E-state index in [4.69, 9.17) is 22.6 Å². The maximum Gasteiger partial charge on any atom is 0.0684 e. The van der Waals surface area contributed by atoms with Crippen LogP contribution in [0.1, 0.15) is 20.3 Å². The topological polar surface area (TPSA) is 66.9 Å². The van der Waals surface area contributed by atoms with Gasteiger partial charge in [0.2, 0.25) is 0 Å². The standard InChI is InChI=1S/C12H15ClN2OS/c1-12(2,8-14)5-6-17(16)11-4-3-9(15)7-10(11)13/h3-4,7H,5-6,15H2,1-2H3. The maximum absolute atomic E-state index is 12.0. The summed E-state index contributed by atoms with van der Waals surface area (Å²) in [6.07, 6.45) is 0.566. The molecule has 0 saturated heterocycles. The van der Waals surface area contributed by atoms with E-state index in [-0.39, 0.29) is 0 Å². The molecule has 1 aromatic carbocycles. The van der Waals surface area contributed by atoms with Crippen LogP contribution >= 0.6 is 11.6 Å². The number of halogens is 1. The third-order valence-corrected chi connectivity index (χ3v) is 4.26. The van der Waals surface area contributed by atoms with Crippen molar-refractivity contribution < 1.29 is 4.21 Å². The molecular weight excluding hydrogens is 256 g/mol. The third-order valence-electron chi connectivity index (χ3n) is 2.42. The molecule has 0 aromatic heterocycles. The van der Waals surface area contributed by atoms with Crippen LogP contribution in [0.25, 0.3) is 0 Å². The zero-order valence-electron chi connectivity index (χ0n) is 9.87. The summed E-state index contributed by atoms with van der Waals surface area (Å²) in [5, 5.41) is 9.29. The monoisotopic (exact) mass is 270 g/mol. The first-order valence-corrected chi connectivity index (χ1v) is 6.90. The van der Waals surface area contributed by atoms with Crippen molar-refractivity contribution in [2.75, 3.05) is 11.5 Å². The van der Waals surface area contributed by atoms with Gasteiger partial charge in [-0.25, -0.2) is 0 Å². The number of anilines is 1. The highest BCUT2D eigenvalue weighted by Crippen LogP contribution is 2.25. The normalized spacial score (nSPS) is 13.1. The van der Waals surface area contributed by atoms with E-state index in [0.717, 1.165) is 0 Å². The highest BCUT2D eigenvalue weighted by atomic mass is 35.5. The summed E-state index contributed by atoms with van der Waals surface area (Å²) in [6.45, 7) is 3.66. The Morgan fingerprint density at radius 3 is 2.71 bits per heavy atom. The highest BCUT2D eigenvalue weighted by molar-refractivity contribution is 7.85. The van der Waals surface area contributed by atoms with Gasteiger partial charge in [-0.2, -0.15) is 5.26 Å². The fourth-order valence-corrected chi connectivity index (χ4v) is 3.07. The lowest BCUT2D eigenvalue weighted by atomic mass is 9.93. The first kappa shape index (κ1) is 14.0. The van der Waals surface area contributed by atoms with Gasteiger partial charge in [-0.15, -0.1) is 0 Å². The van der Waals surface area contributed by atoms with Crippen molar-refractivity contribution in [3.8, 4) is 6.07 Å². The molecule has 0 aliphatic rings. The van der Waals surface area contributed by atoms with E-state index in [1.807, 2.05) is 13.8 Å². The summed E-state index contributed by atoms with van der Waals surface area (Å²) in [4.78, 5) is 0.578. The Bertz CT molecular complexity index is 480. The summed E-state index contributed by atoms with van der Waals surface area (Å²) in [7, 11) is -1.19.